The Morgan fingerprint density at radius 3 is 3.00 bits per heavy atom. The normalized spacial score (nSPS) is 14.7. The average Bonchev–Trinajstić information content (AvgIpc) is 2.95. The predicted molar refractivity (Wildman–Crippen MR) is 59.1 cm³/mol. The third-order valence-corrected chi connectivity index (χ3v) is 3.29. The highest BCUT2D eigenvalue weighted by molar-refractivity contribution is 7.16. The molecule has 2 aromatic heterocycles. The largest absolute Gasteiger partial charge is 0.374 e. The second-order valence-electron chi connectivity index (χ2n) is 3.61. The Balaban J connectivity index is 1.81. The van der Waals surface area contributed by atoms with Gasteiger partial charge < -0.3 is 15.2 Å². The molecule has 0 fully saturated rings. The number of fused-ring (bicyclic) bond motifs is 1. The zero-order valence-electron chi connectivity index (χ0n) is 8.78. The molecule has 1 aliphatic heterocycles. The van der Waals surface area contributed by atoms with Crippen molar-refractivity contribution in [1.82, 2.24) is 29.9 Å². The van der Waals surface area contributed by atoms with E-state index in [1.807, 2.05) is 4.57 Å². The van der Waals surface area contributed by atoms with Crippen molar-refractivity contribution in [1.29, 1.82) is 0 Å². The number of amides is 1. The molecule has 0 atom stereocenters. The summed E-state index contributed by atoms with van der Waals surface area (Å²) in [4.78, 5) is 13.7. The first kappa shape index (κ1) is 10.1. The van der Waals surface area contributed by atoms with Crippen molar-refractivity contribution < 1.29 is 4.79 Å². The average molecular weight is 251 g/mol. The second kappa shape index (κ2) is 3.77. The van der Waals surface area contributed by atoms with E-state index >= 15 is 0 Å². The highest BCUT2D eigenvalue weighted by Crippen LogP contribution is 2.17. The molecule has 0 radical (unpaired) electrons. The van der Waals surface area contributed by atoms with Crippen molar-refractivity contribution in [2.75, 3.05) is 12.3 Å². The van der Waals surface area contributed by atoms with Gasteiger partial charge in [0.25, 0.3) is 5.91 Å². The number of rotatable bonds is 1. The molecule has 17 heavy (non-hydrogen) atoms. The molecule has 0 spiro atoms. The third kappa shape index (κ3) is 1.73. The molecule has 1 amide bonds. The predicted octanol–water partition coefficient (Wildman–Crippen LogP) is -0.632. The molecule has 88 valence electrons. The highest BCUT2D eigenvalue weighted by atomic mass is 32.1. The van der Waals surface area contributed by atoms with Crippen LogP contribution in [-0.4, -0.2) is 42.3 Å². The van der Waals surface area contributed by atoms with E-state index in [0.29, 0.717) is 29.8 Å². The lowest BCUT2D eigenvalue weighted by Gasteiger charge is -2.25. The van der Waals surface area contributed by atoms with Gasteiger partial charge in [-0.3, -0.25) is 4.79 Å². The van der Waals surface area contributed by atoms with Crippen LogP contribution < -0.4 is 5.73 Å². The minimum Gasteiger partial charge on any atom is -0.374 e. The Morgan fingerprint density at radius 1 is 1.35 bits per heavy atom. The van der Waals surface area contributed by atoms with Crippen molar-refractivity contribution in [3.05, 3.63) is 17.2 Å². The van der Waals surface area contributed by atoms with Crippen LogP contribution in [0, 0.1) is 0 Å². The number of aromatic nitrogens is 5. The zero-order chi connectivity index (χ0) is 11.8. The van der Waals surface area contributed by atoms with E-state index in [1.54, 1.807) is 11.2 Å². The maximum Gasteiger partial charge on any atom is 0.285 e. The minimum absolute atomic E-state index is 0.159. The standard InChI is InChI=1S/C8H9N7OS/c9-8-13-12-6(17-8)7(16)14-1-2-15-4-10-11-5(15)3-14/h4H,1-3H2,(H2,9,13). The minimum atomic E-state index is -0.159. The van der Waals surface area contributed by atoms with Crippen molar-refractivity contribution in [3.63, 3.8) is 0 Å². The van der Waals surface area contributed by atoms with Crippen molar-refractivity contribution in [3.8, 4) is 0 Å². The number of carbonyl (C=O) groups is 1. The fourth-order valence-electron chi connectivity index (χ4n) is 1.70. The van der Waals surface area contributed by atoms with Gasteiger partial charge in [0.05, 0.1) is 6.54 Å². The van der Waals surface area contributed by atoms with Gasteiger partial charge in [-0.25, -0.2) is 0 Å². The van der Waals surface area contributed by atoms with E-state index in [0.717, 1.165) is 17.2 Å². The fraction of sp³-hybridized carbons (Fsp3) is 0.375. The Hall–Kier alpha value is -2.03. The van der Waals surface area contributed by atoms with Crippen LogP contribution >= 0.6 is 11.3 Å². The van der Waals surface area contributed by atoms with E-state index in [-0.39, 0.29) is 5.91 Å². The van der Waals surface area contributed by atoms with Gasteiger partial charge >= 0.3 is 0 Å². The van der Waals surface area contributed by atoms with Crippen molar-refractivity contribution in [2.24, 2.45) is 0 Å². The number of nitrogens with two attached hydrogens (primary N) is 1. The first-order valence-electron chi connectivity index (χ1n) is 4.99. The molecule has 2 N–H and O–H groups in total. The Kier molecular flexibility index (Phi) is 2.25. The summed E-state index contributed by atoms with van der Waals surface area (Å²) in [6.07, 6.45) is 1.67. The topological polar surface area (TPSA) is 103 Å². The van der Waals surface area contributed by atoms with Crippen LogP contribution in [0.1, 0.15) is 15.6 Å². The smallest absolute Gasteiger partial charge is 0.285 e. The van der Waals surface area contributed by atoms with E-state index < -0.39 is 0 Å². The molecular formula is C8H9N7OS. The lowest BCUT2D eigenvalue weighted by molar-refractivity contribution is 0.0706. The molecule has 3 heterocycles. The molecule has 2 aromatic rings. The molecule has 8 nitrogen and oxygen atoms in total. The third-order valence-electron chi connectivity index (χ3n) is 2.55. The number of nitrogen functional groups attached to an aromatic ring is 1. The summed E-state index contributed by atoms with van der Waals surface area (Å²) in [7, 11) is 0. The van der Waals surface area contributed by atoms with Gasteiger partial charge in [-0.15, -0.1) is 20.4 Å². The molecule has 0 saturated heterocycles. The molecule has 0 aliphatic carbocycles. The summed E-state index contributed by atoms with van der Waals surface area (Å²) in [5.41, 5.74) is 5.45. The van der Waals surface area contributed by atoms with Crippen molar-refractivity contribution in [2.45, 2.75) is 13.1 Å². The number of hydrogen-bond acceptors (Lipinski definition) is 7. The Bertz CT molecular complexity index is 562. The van der Waals surface area contributed by atoms with Crippen LogP contribution in [0.3, 0.4) is 0 Å². The Morgan fingerprint density at radius 2 is 2.24 bits per heavy atom. The van der Waals surface area contributed by atoms with Gasteiger partial charge in [-0.05, 0) is 0 Å². The summed E-state index contributed by atoms with van der Waals surface area (Å²) in [6.45, 7) is 1.75. The lowest BCUT2D eigenvalue weighted by atomic mass is 10.3. The SMILES string of the molecule is Nc1nnc(C(=O)N2CCn3cnnc3C2)s1. The number of anilines is 1. The van der Waals surface area contributed by atoms with Gasteiger partial charge in [0.15, 0.2) is 5.82 Å². The fourth-order valence-corrected chi connectivity index (χ4v) is 2.27. The van der Waals surface area contributed by atoms with Crippen LogP contribution in [0.5, 0.6) is 0 Å². The summed E-state index contributed by atoms with van der Waals surface area (Å²) in [5, 5.41) is 15.7. The number of hydrogen-bond donors (Lipinski definition) is 1. The summed E-state index contributed by atoms with van der Waals surface area (Å²) in [6, 6.07) is 0. The molecule has 1 aliphatic rings. The van der Waals surface area contributed by atoms with Crippen LogP contribution in [-0.2, 0) is 13.1 Å². The quantitative estimate of drug-likeness (QED) is 0.723. The summed E-state index contributed by atoms with van der Waals surface area (Å²) < 4.78 is 1.93. The monoisotopic (exact) mass is 251 g/mol. The highest BCUT2D eigenvalue weighted by Gasteiger charge is 2.25. The summed E-state index contributed by atoms with van der Waals surface area (Å²) in [5.74, 6) is 0.621. The van der Waals surface area contributed by atoms with E-state index in [9.17, 15) is 4.79 Å². The molecule has 0 unspecified atom stereocenters. The first-order valence-corrected chi connectivity index (χ1v) is 5.80. The van der Waals surface area contributed by atoms with E-state index in [2.05, 4.69) is 20.4 Å². The maximum absolute atomic E-state index is 12.1. The maximum atomic E-state index is 12.1. The zero-order valence-corrected chi connectivity index (χ0v) is 9.59. The lowest BCUT2D eigenvalue weighted by Crippen LogP contribution is -2.38. The molecule has 0 bridgehead atoms. The van der Waals surface area contributed by atoms with Crippen molar-refractivity contribution >= 4 is 22.4 Å². The van der Waals surface area contributed by atoms with Crippen LogP contribution in [0.25, 0.3) is 0 Å². The van der Waals surface area contributed by atoms with Gasteiger partial charge in [0.1, 0.15) is 6.33 Å². The van der Waals surface area contributed by atoms with E-state index in [4.69, 9.17) is 5.73 Å². The Labute approximate surface area is 100 Å². The van der Waals surface area contributed by atoms with Crippen LogP contribution in [0.2, 0.25) is 0 Å². The first-order chi connectivity index (χ1) is 8.24. The molecular weight excluding hydrogens is 242 g/mol. The van der Waals surface area contributed by atoms with E-state index in [1.165, 1.54) is 0 Å². The molecule has 9 heteroatoms. The second-order valence-corrected chi connectivity index (χ2v) is 4.62. The number of carbonyl (C=O) groups excluding carboxylic acids is 1. The number of nitrogens with zero attached hydrogens (tertiary/aromatic N) is 6. The summed E-state index contributed by atoms with van der Waals surface area (Å²) >= 11 is 1.09. The molecule has 3 rings (SSSR count). The molecule has 0 aromatic carbocycles. The van der Waals surface area contributed by atoms with Gasteiger partial charge in [0.2, 0.25) is 10.1 Å². The van der Waals surface area contributed by atoms with Gasteiger partial charge in [-0.2, -0.15) is 0 Å². The van der Waals surface area contributed by atoms with Gasteiger partial charge in [0, 0.05) is 13.1 Å². The van der Waals surface area contributed by atoms with Gasteiger partial charge in [-0.1, -0.05) is 11.3 Å². The van der Waals surface area contributed by atoms with Crippen LogP contribution in [0.4, 0.5) is 5.13 Å². The van der Waals surface area contributed by atoms with Crippen LogP contribution in [0.15, 0.2) is 6.33 Å². The molecule has 0 saturated carbocycles.